The number of hydrogen-bond acceptors (Lipinski definition) is 5. The predicted molar refractivity (Wildman–Crippen MR) is 37.5 cm³/mol. The van der Waals surface area contributed by atoms with Crippen molar-refractivity contribution < 1.29 is 9.63 Å². The summed E-state index contributed by atoms with van der Waals surface area (Å²) in [6.45, 7) is 0.197. The van der Waals surface area contributed by atoms with Gasteiger partial charge in [-0.3, -0.25) is 0 Å². The molecule has 0 saturated heterocycles. The van der Waals surface area contributed by atoms with Gasteiger partial charge in [0.2, 0.25) is 6.39 Å². The monoisotopic (exact) mass is 160 g/mol. The van der Waals surface area contributed by atoms with Crippen LogP contribution in [0.3, 0.4) is 0 Å². The van der Waals surface area contributed by atoms with Gasteiger partial charge in [-0.2, -0.15) is 16.7 Å². The molecular weight excluding hydrogens is 152 g/mol. The molecule has 0 bridgehead atoms. The lowest BCUT2D eigenvalue weighted by atomic mass is 10.7. The Balaban J connectivity index is 2.15. The Morgan fingerprint density at radius 2 is 2.60 bits per heavy atom. The summed E-state index contributed by atoms with van der Waals surface area (Å²) in [5.41, 5.74) is 0. The molecule has 1 aromatic heterocycles. The Kier molecular flexibility index (Phi) is 3.25. The van der Waals surface area contributed by atoms with Crippen molar-refractivity contribution in [3.8, 4) is 0 Å². The number of aromatic nitrogens is 2. The average molecular weight is 160 g/mol. The van der Waals surface area contributed by atoms with Gasteiger partial charge in [-0.1, -0.05) is 5.16 Å². The number of hydrogen-bond donors (Lipinski definition) is 1. The summed E-state index contributed by atoms with van der Waals surface area (Å²) in [6.07, 6.45) is 1.30. The molecule has 4 nitrogen and oxygen atoms in total. The molecule has 0 saturated carbocycles. The van der Waals surface area contributed by atoms with Crippen molar-refractivity contribution >= 4 is 11.8 Å². The van der Waals surface area contributed by atoms with Gasteiger partial charge in [-0.05, 0) is 0 Å². The quantitative estimate of drug-likeness (QED) is 0.642. The van der Waals surface area contributed by atoms with Crippen LogP contribution in [0.4, 0.5) is 0 Å². The van der Waals surface area contributed by atoms with Gasteiger partial charge >= 0.3 is 0 Å². The second-order valence-electron chi connectivity index (χ2n) is 1.62. The van der Waals surface area contributed by atoms with Gasteiger partial charge in [-0.15, -0.1) is 0 Å². The molecule has 0 aromatic carbocycles. The van der Waals surface area contributed by atoms with Crippen LogP contribution in [0.5, 0.6) is 0 Å². The maximum absolute atomic E-state index is 8.41. The van der Waals surface area contributed by atoms with Crippen LogP contribution in [0.2, 0.25) is 0 Å². The van der Waals surface area contributed by atoms with Gasteiger partial charge in [0, 0.05) is 5.75 Å². The summed E-state index contributed by atoms with van der Waals surface area (Å²) < 4.78 is 4.51. The Labute approximate surface area is 62.6 Å². The van der Waals surface area contributed by atoms with E-state index in [4.69, 9.17) is 5.11 Å². The predicted octanol–water partition coefficient (Wildman–Crippen LogP) is 0.295. The first-order chi connectivity index (χ1) is 4.93. The molecule has 1 aromatic rings. The molecule has 1 heterocycles. The molecule has 0 fully saturated rings. The fourth-order valence-electron chi connectivity index (χ4n) is 0.484. The minimum atomic E-state index is 0.197. The Hall–Kier alpha value is -0.550. The zero-order valence-electron chi connectivity index (χ0n) is 5.36. The van der Waals surface area contributed by atoms with Crippen LogP contribution in [0.15, 0.2) is 10.9 Å². The van der Waals surface area contributed by atoms with E-state index in [1.54, 1.807) is 11.8 Å². The standard InChI is InChI=1S/C5H8N2O2S/c8-1-2-10-3-5-6-4-9-7-5/h4,8H,1-3H2. The van der Waals surface area contributed by atoms with Gasteiger partial charge in [-0.25, -0.2) is 0 Å². The smallest absolute Gasteiger partial charge is 0.213 e. The average Bonchev–Trinajstić information content (AvgIpc) is 2.41. The Morgan fingerprint density at radius 3 is 3.20 bits per heavy atom. The lowest BCUT2D eigenvalue weighted by molar-refractivity contribution is 0.322. The topological polar surface area (TPSA) is 59.2 Å². The third-order valence-corrected chi connectivity index (χ3v) is 1.81. The summed E-state index contributed by atoms with van der Waals surface area (Å²) >= 11 is 1.58. The number of thioether (sulfide) groups is 1. The lowest BCUT2D eigenvalue weighted by Crippen LogP contribution is -1.88. The molecule has 0 aliphatic carbocycles. The molecule has 0 aliphatic heterocycles. The highest BCUT2D eigenvalue weighted by Crippen LogP contribution is 2.05. The van der Waals surface area contributed by atoms with Crippen LogP contribution >= 0.6 is 11.8 Å². The van der Waals surface area contributed by atoms with Crippen molar-refractivity contribution in [2.45, 2.75) is 5.75 Å². The number of aliphatic hydroxyl groups is 1. The van der Waals surface area contributed by atoms with Crippen LogP contribution in [-0.4, -0.2) is 27.6 Å². The van der Waals surface area contributed by atoms with Crippen LogP contribution < -0.4 is 0 Å². The fraction of sp³-hybridized carbons (Fsp3) is 0.600. The first-order valence-corrected chi connectivity index (χ1v) is 4.03. The van der Waals surface area contributed by atoms with Crippen LogP contribution in [0, 0.1) is 0 Å². The highest BCUT2D eigenvalue weighted by molar-refractivity contribution is 7.98. The largest absolute Gasteiger partial charge is 0.396 e. The zero-order valence-corrected chi connectivity index (χ0v) is 6.17. The normalized spacial score (nSPS) is 10.1. The van der Waals surface area contributed by atoms with E-state index < -0.39 is 0 Å². The summed E-state index contributed by atoms with van der Waals surface area (Å²) in [6, 6.07) is 0. The van der Waals surface area contributed by atoms with Crippen LogP contribution in [-0.2, 0) is 5.75 Å². The van der Waals surface area contributed by atoms with E-state index in [-0.39, 0.29) is 6.61 Å². The first kappa shape index (κ1) is 7.56. The van der Waals surface area contributed by atoms with Gasteiger partial charge in [0.15, 0.2) is 5.82 Å². The lowest BCUT2D eigenvalue weighted by Gasteiger charge is -1.90. The van der Waals surface area contributed by atoms with E-state index >= 15 is 0 Å². The van der Waals surface area contributed by atoms with E-state index in [1.807, 2.05) is 0 Å². The van der Waals surface area contributed by atoms with Crippen molar-refractivity contribution in [3.63, 3.8) is 0 Å². The number of nitrogens with zero attached hydrogens (tertiary/aromatic N) is 2. The number of aliphatic hydroxyl groups excluding tert-OH is 1. The van der Waals surface area contributed by atoms with Crippen molar-refractivity contribution in [2.75, 3.05) is 12.4 Å². The Morgan fingerprint density at radius 1 is 1.70 bits per heavy atom. The van der Waals surface area contributed by atoms with E-state index in [0.29, 0.717) is 17.3 Å². The van der Waals surface area contributed by atoms with Crippen molar-refractivity contribution in [3.05, 3.63) is 12.2 Å². The molecule has 0 amide bonds. The first-order valence-electron chi connectivity index (χ1n) is 2.87. The van der Waals surface area contributed by atoms with Gasteiger partial charge in [0.05, 0.1) is 12.4 Å². The highest BCUT2D eigenvalue weighted by atomic mass is 32.2. The third kappa shape index (κ3) is 2.36. The van der Waals surface area contributed by atoms with E-state index in [2.05, 4.69) is 14.7 Å². The minimum Gasteiger partial charge on any atom is -0.396 e. The molecule has 0 unspecified atom stereocenters. The molecule has 5 heteroatoms. The molecule has 56 valence electrons. The molecular formula is C5H8N2O2S. The molecule has 1 rings (SSSR count). The van der Waals surface area contributed by atoms with Crippen LogP contribution in [0.1, 0.15) is 5.82 Å². The van der Waals surface area contributed by atoms with Gasteiger partial charge in [0.1, 0.15) is 0 Å². The number of rotatable bonds is 4. The molecule has 0 aliphatic rings. The molecule has 0 atom stereocenters. The maximum Gasteiger partial charge on any atom is 0.213 e. The zero-order chi connectivity index (χ0) is 7.23. The summed E-state index contributed by atoms with van der Waals surface area (Å²) in [5, 5.41) is 12.0. The van der Waals surface area contributed by atoms with E-state index in [0.717, 1.165) is 0 Å². The second kappa shape index (κ2) is 4.29. The third-order valence-electron chi connectivity index (χ3n) is 0.874. The van der Waals surface area contributed by atoms with Crippen LogP contribution in [0.25, 0.3) is 0 Å². The molecule has 10 heavy (non-hydrogen) atoms. The molecule has 1 N–H and O–H groups in total. The van der Waals surface area contributed by atoms with E-state index in [1.165, 1.54) is 6.39 Å². The van der Waals surface area contributed by atoms with Gasteiger partial charge < -0.3 is 9.63 Å². The fourth-order valence-corrected chi connectivity index (χ4v) is 1.07. The SMILES string of the molecule is OCCSCc1ncon1. The van der Waals surface area contributed by atoms with Crippen molar-refractivity contribution in [1.82, 2.24) is 10.1 Å². The minimum absolute atomic E-state index is 0.197. The van der Waals surface area contributed by atoms with E-state index in [9.17, 15) is 0 Å². The summed E-state index contributed by atoms with van der Waals surface area (Å²) in [4.78, 5) is 3.81. The van der Waals surface area contributed by atoms with Crippen molar-refractivity contribution in [1.29, 1.82) is 0 Å². The summed E-state index contributed by atoms with van der Waals surface area (Å²) in [5.74, 6) is 2.10. The second-order valence-corrected chi connectivity index (χ2v) is 2.73. The summed E-state index contributed by atoms with van der Waals surface area (Å²) in [7, 11) is 0. The van der Waals surface area contributed by atoms with Crippen molar-refractivity contribution in [2.24, 2.45) is 0 Å². The highest BCUT2D eigenvalue weighted by Gasteiger charge is 1.96. The molecule has 0 spiro atoms. The van der Waals surface area contributed by atoms with Gasteiger partial charge in [0.25, 0.3) is 0 Å². The molecule has 0 radical (unpaired) electrons. The Bertz CT molecular complexity index is 166. The maximum atomic E-state index is 8.41.